The van der Waals surface area contributed by atoms with Gasteiger partial charge in [0.2, 0.25) is 0 Å². The van der Waals surface area contributed by atoms with Crippen LogP contribution in [0.4, 0.5) is 0 Å². The molecule has 6 rings (SSSR count). The minimum absolute atomic E-state index is 0.187. The van der Waals surface area contributed by atoms with Gasteiger partial charge in [0.1, 0.15) is 135 Å². The Hall–Kier alpha value is -2.22. The fourth-order valence-electron chi connectivity index (χ4n) is 16.5. The van der Waals surface area contributed by atoms with E-state index in [0.29, 0.717) is 38.5 Å². The average Bonchev–Trinajstić information content (AvgIpc) is 0.833. The summed E-state index contributed by atoms with van der Waals surface area (Å²) in [7, 11) is 4.22. The first-order valence-corrected chi connectivity index (χ1v) is 44.0. The highest BCUT2D eigenvalue weighted by Gasteiger charge is 2.51. The third-order valence-electron chi connectivity index (χ3n) is 23.8. The molecule has 16 N–H and O–H groups in total. The number of hydrogen-bond donors (Lipinski definition) is 16. The predicted octanol–water partition coefficient (Wildman–Crippen LogP) is 3.99. The Balaban J connectivity index is 0.871. The highest BCUT2D eigenvalue weighted by molar-refractivity contribution is 5.70. The zero-order chi connectivity index (χ0) is 84.5. The van der Waals surface area contributed by atoms with Crippen molar-refractivity contribution in [3.8, 4) is 0 Å². The number of fused-ring (bicyclic) bond motifs is 4. The van der Waals surface area contributed by atoms with Gasteiger partial charge in [0.25, 0.3) is 0 Å². The zero-order valence-corrected chi connectivity index (χ0v) is 69.8. The maximum atomic E-state index is 13.6. The van der Waals surface area contributed by atoms with Crippen molar-refractivity contribution >= 4 is 11.9 Å². The molecule has 0 aliphatic carbocycles. The smallest absolute Gasteiger partial charge is 0.308 e. The van der Waals surface area contributed by atoms with Crippen LogP contribution >= 0.6 is 0 Å². The number of unbranched alkanes of at least 4 members (excludes halogenated alkanes) is 26. The van der Waals surface area contributed by atoms with Crippen molar-refractivity contribution in [3.63, 3.8) is 0 Å². The van der Waals surface area contributed by atoms with Crippen molar-refractivity contribution in [2.45, 2.75) is 461 Å². The number of rotatable bonds is 54. The SMILES string of the molecule is CO[C@H]1[C@H](O[C@@H](CCCCCCCCCCCCCCCC2CC(=O)OC[C@H]3O[C@@H](OC(CCCCCCCCCCCCC[C@@H](CCCCC[C@@H](C)O)O[C@@H]4O[C@H](CO)[C@@H](O)[C@H](O)[C@H]4OC)CC(=O)OC[C@H]4O[C@@H](O2)[C@H](O)[C@@H](O)[C@H]4O)[C@H](O)[C@@H](O)[C@H]3O)CCCCC[C@@H](C)O[C@@H]2O[C@H](CO)[C@@H](O)[C@H](O)[C@H]2OC)O[C@H](CO)[C@@H](O)[C@@H]1O. The Kier molecular flexibility index (Phi) is 50.7. The summed E-state index contributed by atoms with van der Waals surface area (Å²) in [5.74, 6) is -1.54. The number of ether oxygens (including phenoxy) is 15. The topological polar surface area (TPSA) is 496 Å². The maximum Gasteiger partial charge on any atom is 0.308 e. The molecule has 31 atom stereocenters. The number of carbonyl (C=O) groups is 2. The lowest BCUT2D eigenvalue weighted by Gasteiger charge is -2.42. The van der Waals surface area contributed by atoms with Crippen molar-refractivity contribution in [3.05, 3.63) is 0 Å². The summed E-state index contributed by atoms with van der Waals surface area (Å²) in [5.41, 5.74) is 0. The number of methoxy groups -OCH3 is 3. The number of aliphatic hydroxyl groups is 16. The van der Waals surface area contributed by atoms with Gasteiger partial charge in [-0.25, -0.2) is 0 Å². The van der Waals surface area contributed by atoms with Crippen LogP contribution in [0.15, 0.2) is 0 Å². The summed E-state index contributed by atoms with van der Waals surface area (Å²) < 4.78 is 88.3. The van der Waals surface area contributed by atoms with Crippen LogP contribution in [0.3, 0.4) is 0 Å². The second-order valence-corrected chi connectivity index (χ2v) is 33.3. The number of esters is 2. The van der Waals surface area contributed by atoms with Crippen molar-refractivity contribution in [1.82, 2.24) is 0 Å². The van der Waals surface area contributed by atoms with Crippen molar-refractivity contribution in [2.75, 3.05) is 54.4 Å². The molecule has 4 bridgehead atoms. The summed E-state index contributed by atoms with van der Waals surface area (Å²) in [5, 5.41) is 169. The monoisotopic (exact) mass is 1680 g/mol. The van der Waals surface area contributed by atoms with E-state index in [1.807, 2.05) is 6.92 Å². The molecule has 682 valence electrons. The van der Waals surface area contributed by atoms with Gasteiger partial charge in [-0.05, 0) is 65.2 Å². The second-order valence-electron chi connectivity index (χ2n) is 33.3. The summed E-state index contributed by atoms with van der Waals surface area (Å²) in [6.45, 7) is 1.10. The van der Waals surface area contributed by atoms with E-state index in [1.54, 1.807) is 6.92 Å². The molecule has 0 aromatic heterocycles. The molecular formula is C83H152O33. The van der Waals surface area contributed by atoms with E-state index in [4.69, 9.17) is 71.1 Å². The summed E-state index contributed by atoms with van der Waals surface area (Å²) in [6.07, 6.45) is -3.24. The van der Waals surface area contributed by atoms with Gasteiger partial charge in [-0.15, -0.1) is 0 Å². The van der Waals surface area contributed by atoms with Gasteiger partial charge in [-0.1, -0.05) is 193 Å². The van der Waals surface area contributed by atoms with Gasteiger partial charge in [0.05, 0.1) is 69.3 Å². The molecule has 0 saturated carbocycles. The van der Waals surface area contributed by atoms with Crippen LogP contribution in [0.25, 0.3) is 0 Å². The molecule has 6 aliphatic rings. The highest BCUT2D eigenvalue weighted by atomic mass is 16.8. The molecule has 0 amide bonds. The molecule has 116 heavy (non-hydrogen) atoms. The van der Waals surface area contributed by atoms with Crippen LogP contribution in [0, 0.1) is 0 Å². The molecule has 0 radical (unpaired) electrons. The number of carbonyl (C=O) groups excluding carboxylic acids is 2. The van der Waals surface area contributed by atoms with Crippen LogP contribution in [-0.4, -0.2) is 338 Å². The maximum absolute atomic E-state index is 13.6. The van der Waals surface area contributed by atoms with E-state index >= 15 is 0 Å². The first-order chi connectivity index (χ1) is 55.9. The van der Waals surface area contributed by atoms with Crippen LogP contribution < -0.4 is 0 Å². The molecule has 0 aromatic rings. The molecule has 0 spiro atoms. The Bertz CT molecular complexity index is 2520. The molecule has 6 aliphatic heterocycles. The lowest BCUT2D eigenvalue weighted by Crippen LogP contribution is -2.60. The Morgan fingerprint density at radius 1 is 0.319 bits per heavy atom. The van der Waals surface area contributed by atoms with Crippen molar-refractivity contribution in [2.24, 2.45) is 0 Å². The molecular weight excluding hydrogens is 1520 g/mol. The van der Waals surface area contributed by atoms with Crippen molar-refractivity contribution in [1.29, 1.82) is 0 Å². The van der Waals surface area contributed by atoms with Crippen LogP contribution in [0.5, 0.6) is 0 Å². The second kappa shape index (κ2) is 57.3. The lowest BCUT2D eigenvalue weighted by atomic mass is 9.98. The zero-order valence-electron chi connectivity index (χ0n) is 69.8. The van der Waals surface area contributed by atoms with Crippen LogP contribution in [0.1, 0.15) is 271 Å². The fraction of sp³-hybridized carbons (Fsp3) is 0.976. The Morgan fingerprint density at radius 3 is 0.897 bits per heavy atom. The molecule has 6 saturated heterocycles. The largest absolute Gasteiger partial charge is 0.463 e. The van der Waals surface area contributed by atoms with Crippen LogP contribution in [0.2, 0.25) is 0 Å². The predicted molar refractivity (Wildman–Crippen MR) is 417 cm³/mol. The van der Waals surface area contributed by atoms with Gasteiger partial charge in [-0.3, -0.25) is 9.59 Å². The first-order valence-electron chi connectivity index (χ1n) is 44.0. The highest BCUT2D eigenvalue weighted by Crippen LogP contribution is 2.34. The van der Waals surface area contributed by atoms with E-state index in [0.717, 1.165) is 205 Å². The quantitative estimate of drug-likeness (QED) is 0.0302. The minimum Gasteiger partial charge on any atom is -0.463 e. The summed E-state index contributed by atoms with van der Waals surface area (Å²) in [4.78, 5) is 27.2. The first kappa shape index (κ1) is 103. The standard InChI is InChI=1S/C83H152O33/c1-51(87)36-28-26-34-40-53(108-82-77(103-4)72(98)65(91)58(47-85)113-82)38-30-22-19-15-12-9-13-17-21-25-33-43-56-45-63(89)106-50-60-67(93)69(95)74(100)79(115-60)110-55(44-62(88)105-49-61-68(94)70(96)75(101)80(111-56)116-61)42-32-24-20-16-11-8-6-7-10-14-18-23-31-39-54(109-83-78(104-5)73(99)66(92)59(48-86)114-83)41-35-27-29-37-52(2)107-81-76(102-3)71(97)64(90)57(46-84)112-81/h51-61,64-87,90-101H,6-50H2,1-5H3/t51-,52-,53+,54+,55?,56?,57-,58-,59-,60-,61-,64-,65-,66-,67+,68+,69+,70+,71+,72+,73+,74-,75-,76-,77-,78-,79-,80-,81-,82-,83-/m1/s1. The lowest BCUT2D eigenvalue weighted by molar-refractivity contribution is -0.316. The van der Waals surface area contributed by atoms with E-state index < -0.39 is 211 Å². The number of cyclic esters (lactones) is 2. The molecule has 33 heteroatoms. The van der Waals surface area contributed by atoms with Gasteiger partial charge in [0.15, 0.2) is 31.5 Å². The molecule has 0 aromatic carbocycles. The molecule has 6 heterocycles. The summed E-state index contributed by atoms with van der Waals surface area (Å²) in [6, 6.07) is 0. The Morgan fingerprint density at radius 2 is 0.595 bits per heavy atom. The summed E-state index contributed by atoms with van der Waals surface area (Å²) >= 11 is 0. The Labute approximate surface area is 686 Å². The van der Waals surface area contributed by atoms with E-state index in [-0.39, 0.29) is 37.3 Å². The van der Waals surface area contributed by atoms with Gasteiger partial charge in [-0.2, -0.15) is 0 Å². The van der Waals surface area contributed by atoms with E-state index in [9.17, 15) is 91.3 Å². The third-order valence-corrected chi connectivity index (χ3v) is 23.8. The fourth-order valence-corrected chi connectivity index (χ4v) is 16.5. The average molecular weight is 1680 g/mol. The molecule has 33 nitrogen and oxygen atoms in total. The van der Waals surface area contributed by atoms with Crippen LogP contribution in [-0.2, 0) is 80.6 Å². The van der Waals surface area contributed by atoms with Gasteiger partial charge >= 0.3 is 11.9 Å². The van der Waals surface area contributed by atoms with E-state index in [2.05, 4.69) is 0 Å². The van der Waals surface area contributed by atoms with Gasteiger partial charge in [0, 0.05) is 21.3 Å². The molecule has 6 fully saturated rings. The van der Waals surface area contributed by atoms with Gasteiger partial charge < -0.3 is 153 Å². The normalized spacial score (nSPS) is 35.6. The number of aliphatic hydroxyl groups excluding tert-OH is 16. The minimum atomic E-state index is -1.77. The number of hydrogen-bond acceptors (Lipinski definition) is 33. The van der Waals surface area contributed by atoms with E-state index in [1.165, 1.54) is 21.3 Å². The molecule has 2 unspecified atom stereocenters. The third kappa shape index (κ3) is 35.1. The van der Waals surface area contributed by atoms with Crippen molar-refractivity contribution < 1.29 is 162 Å².